The van der Waals surface area contributed by atoms with Crippen molar-refractivity contribution in [1.29, 1.82) is 0 Å². The Morgan fingerprint density at radius 1 is 1.30 bits per heavy atom. The molecule has 0 aliphatic carbocycles. The van der Waals surface area contributed by atoms with Crippen molar-refractivity contribution in [3.63, 3.8) is 0 Å². The zero-order valence-electron chi connectivity index (χ0n) is 11.3. The van der Waals surface area contributed by atoms with Gasteiger partial charge in [0.2, 0.25) is 10.0 Å². The van der Waals surface area contributed by atoms with Crippen LogP contribution >= 0.6 is 0 Å². The maximum absolute atomic E-state index is 12.2. The van der Waals surface area contributed by atoms with Crippen molar-refractivity contribution in [1.82, 2.24) is 20.0 Å². The molecule has 0 saturated carbocycles. The Hall–Kier alpha value is -1.70. The Labute approximate surface area is 118 Å². The van der Waals surface area contributed by atoms with Crippen LogP contribution in [0.4, 0.5) is 0 Å². The van der Waals surface area contributed by atoms with E-state index in [9.17, 15) is 8.42 Å². The first-order chi connectivity index (χ1) is 9.62. The lowest BCUT2D eigenvalue weighted by molar-refractivity contribution is 0.580. The van der Waals surface area contributed by atoms with Crippen LogP contribution in [-0.4, -0.2) is 24.9 Å². The number of aromatic amines is 1. The zero-order chi connectivity index (χ0) is 14.4. The van der Waals surface area contributed by atoms with Gasteiger partial charge in [0.05, 0.1) is 17.8 Å². The van der Waals surface area contributed by atoms with Crippen molar-refractivity contribution in [2.24, 2.45) is 0 Å². The standard InChI is InChI=1S/C13H18N4O2S/c1-2-14-7-11-4-3-5-13(6-11)20(18,19)17-9-12-8-15-10-16-12/h3-6,8,10,14,17H,2,7,9H2,1H3,(H,15,16). The molecule has 1 aromatic heterocycles. The predicted molar refractivity (Wildman–Crippen MR) is 76.4 cm³/mol. The molecule has 1 heterocycles. The molecule has 0 aliphatic rings. The highest BCUT2D eigenvalue weighted by atomic mass is 32.2. The van der Waals surface area contributed by atoms with Crippen LogP contribution < -0.4 is 10.0 Å². The molecule has 2 rings (SSSR count). The number of sulfonamides is 1. The number of nitrogens with zero attached hydrogens (tertiary/aromatic N) is 1. The average molecular weight is 294 g/mol. The molecule has 1 aromatic carbocycles. The minimum absolute atomic E-state index is 0.194. The summed E-state index contributed by atoms with van der Waals surface area (Å²) in [5.74, 6) is 0. The van der Waals surface area contributed by atoms with Crippen LogP contribution in [0.1, 0.15) is 18.2 Å². The summed E-state index contributed by atoms with van der Waals surface area (Å²) in [5, 5.41) is 3.17. The Morgan fingerprint density at radius 3 is 2.85 bits per heavy atom. The molecule has 3 N–H and O–H groups in total. The van der Waals surface area contributed by atoms with Gasteiger partial charge in [-0.15, -0.1) is 0 Å². The Balaban J connectivity index is 2.08. The Morgan fingerprint density at radius 2 is 2.15 bits per heavy atom. The number of H-pyrrole nitrogens is 1. The van der Waals surface area contributed by atoms with Gasteiger partial charge in [-0.1, -0.05) is 19.1 Å². The predicted octanol–water partition coefficient (Wildman–Crippen LogP) is 0.998. The van der Waals surface area contributed by atoms with Crippen LogP contribution in [0.2, 0.25) is 0 Å². The third-order valence-electron chi connectivity index (χ3n) is 2.80. The number of rotatable bonds is 7. The van der Waals surface area contributed by atoms with Crippen LogP contribution in [0.3, 0.4) is 0 Å². The van der Waals surface area contributed by atoms with Crippen LogP contribution in [0.15, 0.2) is 41.7 Å². The molecule has 0 amide bonds. The monoisotopic (exact) mass is 294 g/mol. The molecule has 0 fully saturated rings. The van der Waals surface area contributed by atoms with Crippen LogP contribution in [0, 0.1) is 0 Å². The molecule has 108 valence electrons. The molecule has 2 aromatic rings. The molecule has 0 saturated heterocycles. The second-order valence-corrected chi connectivity index (χ2v) is 6.10. The van der Waals surface area contributed by atoms with E-state index in [4.69, 9.17) is 0 Å². The van der Waals surface area contributed by atoms with Crippen LogP contribution in [-0.2, 0) is 23.1 Å². The van der Waals surface area contributed by atoms with E-state index in [1.165, 1.54) is 6.33 Å². The zero-order valence-corrected chi connectivity index (χ0v) is 12.1. The quantitative estimate of drug-likeness (QED) is 0.711. The van der Waals surface area contributed by atoms with E-state index in [2.05, 4.69) is 20.0 Å². The van der Waals surface area contributed by atoms with Crippen molar-refractivity contribution in [3.8, 4) is 0 Å². The van der Waals surface area contributed by atoms with E-state index in [1.54, 1.807) is 24.4 Å². The van der Waals surface area contributed by atoms with E-state index >= 15 is 0 Å². The topological polar surface area (TPSA) is 86.9 Å². The van der Waals surface area contributed by atoms with Gasteiger partial charge < -0.3 is 10.3 Å². The number of aromatic nitrogens is 2. The highest BCUT2D eigenvalue weighted by Crippen LogP contribution is 2.12. The number of hydrogen-bond acceptors (Lipinski definition) is 4. The second-order valence-electron chi connectivity index (χ2n) is 4.33. The number of benzene rings is 1. The first-order valence-electron chi connectivity index (χ1n) is 6.38. The van der Waals surface area contributed by atoms with E-state index < -0.39 is 10.0 Å². The fourth-order valence-corrected chi connectivity index (χ4v) is 2.81. The molecule has 7 heteroatoms. The summed E-state index contributed by atoms with van der Waals surface area (Å²) in [6.07, 6.45) is 3.10. The van der Waals surface area contributed by atoms with E-state index in [0.717, 1.165) is 17.8 Å². The maximum atomic E-state index is 12.2. The van der Waals surface area contributed by atoms with Gasteiger partial charge in [0.15, 0.2) is 0 Å². The summed E-state index contributed by atoms with van der Waals surface area (Å²) in [6, 6.07) is 6.91. The Kier molecular flexibility index (Phi) is 4.89. The first kappa shape index (κ1) is 14.7. The van der Waals surface area contributed by atoms with Crippen molar-refractivity contribution in [3.05, 3.63) is 48.0 Å². The highest BCUT2D eigenvalue weighted by Gasteiger charge is 2.14. The summed E-state index contributed by atoms with van der Waals surface area (Å²) in [4.78, 5) is 6.97. The second kappa shape index (κ2) is 6.65. The molecule has 0 bridgehead atoms. The van der Waals surface area contributed by atoms with Crippen molar-refractivity contribution in [2.75, 3.05) is 6.54 Å². The van der Waals surface area contributed by atoms with Gasteiger partial charge >= 0.3 is 0 Å². The summed E-state index contributed by atoms with van der Waals surface area (Å²) in [5.41, 5.74) is 1.66. The van der Waals surface area contributed by atoms with E-state index in [0.29, 0.717) is 6.54 Å². The summed E-state index contributed by atoms with van der Waals surface area (Å²) in [6.45, 7) is 3.70. The number of imidazole rings is 1. The first-order valence-corrected chi connectivity index (χ1v) is 7.86. The minimum atomic E-state index is -3.51. The van der Waals surface area contributed by atoms with Crippen molar-refractivity contribution >= 4 is 10.0 Å². The van der Waals surface area contributed by atoms with E-state index in [-0.39, 0.29) is 11.4 Å². The van der Waals surface area contributed by atoms with Gasteiger partial charge in [0, 0.05) is 18.4 Å². The van der Waals surface area contributed by atoms with Gasteiger partial charge in [-0.25, -0.2) is 18.1 Å². The molecule has 0 radical (unpaired) electrons. The molecule has 6 nitrogen and oxygen atoms in total. The van der Waals surface area contributed by atoms with Crippen LogP contribution in [0.5, 0.6) is 0 Å². The number of hydrogen-bond donors (Lipinski definition) is 3. The van der Waals surface area contributed by atoms with Crippen LogP contribution in [0.25, 0.3) is 0 Å². The fourth-order valence-electron chi connectivity index (χ4n) is 1.73. The van der Waals surface area contributed by atoms with Gasteiger partial charge in [-0.05, 0) is 24.2 Å². The summed E-state index contributed by atoms with van der Waals surface area (Å²) < 4.78 is 26.9. The molecule has 20 heavy (non-hydrogen) atoms. The SMILES string of the molecule is CCNCc1cccc(S(=O)(=O)NCc2cnc[nH]2)c1. The molecule has 0 unspecified atom stereocenters. The Bertz CT molecular complexity index is 638. The normalized spacial score (nSPS) is 11.7. The van der Waals surface area contributed by atoms with Crippen molar-refractivity contribution in [2.45, 2.75) is 24.9 Å². The third-order valence-corrected chi connectivity index (χ3v) is 4.19. The lowest BCUT2D eigenvalue weighted by Gasteiger charge is -2.08. The number of nitrogens with one attached hydrogen (secondary N) is 3. The lowest BCUT2D eigenvalue weighted by Crippen LogP contribution is -2.23. The minimum Gasteiger partial charge on any atom is -0.347 e. The van der Waals surface area contributed by atoms with Gasteiger partial charge in [0.25, 0.3) is 0 Å². The summed E-state index contributed by atoms with van der Waals surface area (Å²) >= 11 is 0. The van der Waals surface area contributed by atoms with Gasteiger partial charge in [-0.2, -0.15) is 0 Å². The molecular formula is C13H18N4O2S. The van der Waals surface area contributed by atoms with Gasteiger partial charge in [-0.3, -0.25) is 0 Å². The molecule has 0 aliphatic heterocycles. The van der Waals surface area contributed by atoms with E-state index in [1.807, 2.05) is 13.0 Å². The van der Waals surface area contributed by atoms with Crippen molar-refractivity contribution < 1.29 is 8.42 Å². The highest BCUT2D eigenvalue weighted by molar-refractivity contribution is 7.89. The molecule has 0 atom stereocenters. The smallest absolute Gasteiger partial charge is 0.240 e. The molecule has 0 spiro atoms. The van der Waals surface area contributed by atoms with Gasteiger partial charge in [0.1, 0.15) is 0 Å². The third kappa shape index (κ3) is 3.89. The summed E-state index contributed by atoms with van der Waals surface area (Å²) in [7, 11) is -3.51. The maximum Gasteiger partial charge on any atom is 0.240 e. The largest absolute Gasteiger partial charge is 0.347 e. The lowest BCUT2D eigenvalue weighted by atomic mass is 10.2. The fraction of sp³-hybridized carbons (Fsp3) is 0.308. The average Bonchev–Trinajstić information content (AvgIpc) is 2.97. The molecular weight excluding hydrogens is 276 g/mol.